The molecule has 0 radical (unpaired) electrons. The van der Waals surface area contributed by atoms with Crippen molar-refractivity contribution in [2.75, 3.05) is 0 Å². The maximum atomic E-state index is 6.19. The fourth-order valence-corrected chi connectivity index (χ4v) is 2.61. The van der Waals surface area contributed by atoms with Gasteiger partial charge in [0.1, 0.15) is 0 Å². The Morgan fingerprint density at radius 1 is 0.650 bits per heavy atom. The van der Waals surface area contributed by atoms with Gasteiger partial charge in [0.15, 0.2) is 0 Å². The fourth-order valence-electron chi connectivity index (χ4n) is 2.44. The molecule has 0 fully saturated rings. The van der Waals surface area contributed by atoms with E-state index in [4.69, 9.17) is 11.6 Å². The zero-order valence-electron chi connectivity index (χ0n) is 11.3. The van der Waals surface area contributed by atoms with Crippen LogP contribution in [-0.2, 0) is 0 Å². The molecule has 0 aliphatic carbocycles. The van der Waals surface area contributed by atoms with Crippen molar-refractivity contribution >= 4 is 11.6 Å². The number of halogens is 1. The summed E-state index contributed by atoms with van der Waals surface area (Å²) in [5, 5.41) is 0.764. The summed E-state index contributed by atoms with van der Waals surface area (Å²) in [5.74, 6) is 0. The summed E-state index contributed by atoms with van der Waals surface area (Å²) in [6.07, 6.45) is 0. The van der Waals surface area contributed by atoms with E-state index in [0.717, 1.165) is 5.02 Å². The Hall–Kier alpha value is -2.05. The zero-order valence-corrected chi connectivity index (χ0v) is 12.1. The van der Waals surface area contributed by atoms with Crippen LogP contribution in [0.5, 0.6) is 0 Å². The van der Waals surface area contributed by atoms with Gasteiger partial charge in [-0.2, -0.15) is 0 Å². The van der Waals surface area contributed by atoms with Crippen molar-refractivity contribution in [3.63, 3.8) is 0 Å². The standard InChI is InChI=1S/C19H15Cl/c1-14-6-5-9-16(12-14)18-11-10-17(20)13-19(18)15-7-3-2-4-8-15/h2-13H,1H3. The Morgan fingerprint density at radius 3 is 2.15 bits per heavy atom. The molecule has 1 heteroatoms. The molecule has 3 aromatic carbocycles. The molecule has 0 amide bonds. The lowest BCUT2D eigenvalue weighted by molar-refractivity contribution is 1.46. The summed E-state index contributed by atoms with van der Waals surface area (Å²) in [5.41, 5.74) is 6.05. The van der Waals surface area contributed by atoms with E-state index in [0.29, 0.717) is 0 Å². The minimum atomic E-state index is 0.764. The highest BCUT2D eigenvalue weighted by molar-refractivity contribution is 6.31. The summed E-state index contributed by atoms with van der Waals surface area (Å²) in [4.78, 5) is 0. The Morgan fingerprint density at radius 2 is 1.40 bits per heavy atom. The third-order valence-electron chi connectivity index (χ3n) is 3.40. The minimum absolute atomic E-state index is 0.764. The molecule has 98 valence electrons. The fraction of sp³-hybridized carbons (Fsp3) is 0.0526. The van der Waals surface area contributed by atoms with Crippen molar-refractivity contribution < 1.29 is 0 Å². The first-order valence-electron chi connectivity index (χ1n) is 6.66. The number of hydrogen-bond acceptors (Lipinski definition) is 0. The SMILES string of the molecule is Cc1cccc(-c2ccc(Cl)cc2-c2ccccc2)c1. The lowest BCUT2D eigenvalue weighted by atomic mass is 9.94. The van der Waals surface area contributed by atoms with E-state index in [1.54, 1.807) is 0 Å². The maximum absolute atomic E-state index is 6.19. The molecule has 0 saturated heterocycles. The topological polar surface area (TPSA) is 0 Å². The van der Waals surface area contributed by atoms with E-state index in [1.807, 2.05) is 18.2 Å². The lowest BCUT2D eigenvalue weighted by Gasteiger charge is -2.11. The molecule has 0 aliphatic heterocycles. The molecule has 3 rings (SSSR count). The molecule has 20 heavy (non-hydrogen) atoms. The van der Waals surface area contributed by atoms with Gasteiger partial charge in [-0.05, 0) is 41.3 Å². The van der Waals surface area contributed by atoms with Gasteiger partial charge in [0.2, 0.25) is 0 Å². The van der Waals surface area contributed by atoms with Crippen LogP contribution in [0.4, 0.5) is 0 Å². The van der Waals surface area contributed by atoms with Gasteiger partial charge in [0.05, 0.1) is 0 Å². The molecular formula is C19H15Cl. The summed E-state index contributed by atoms with van der Waals surface area (Å²) in [6.45, 7) is 2.11. The lowest BCUT2D eigenvalue weighted by Crippen LogP contribution is -1.86. The van der Waals surface area contributed by atoms with Crippen LogP contribution in [0.15, 0.2) is 72.8 Å². The number of benzene rings is 3. The van der Waals surface area contributed by atoms with Crippen LogP contribution in [-0.4, -0.2) is 0 Å². The van der Waals surface area contributed by atoms with Gasteiger partial charge in [-0.1, -0.05) is 77.8 Å². The van der Waals surface area contributed by atoms with Crippen LogP contribution in [0.25, 0.3) is 22.3 Å². The highest BCUT2D eigenvalue weighted by Crippen LogP contribution is 2.34. The minimum Gasteiger partial charge on any atom is -0.0843 e. The molecule has 0 saturated carbocycles. The first-order chi connectivity index (χ1) is 9.74. The Bertz CT molecular complexity index is 730. The van der Waals surface area contributed by atoms with E-state index >= 15 is 0 Å². The second kappa shape index (κ2) is 5.52. The van der Waals surface area contributed by atoms with Crippen molar-refractivity contribution in [3.8, 4) is 22.3 Å². The van der Waals surface area contributed by atoms with Crippen molar-refractivity contribution in [1.29, 1.82) is 0 Å². The first kappa shape index (κ1) is 13.0. The van der Waals surface area contributed by atoms with E-state index < -0.39 is 0 Å². The highest BCUT2D eigenvalue weighted by Gasteiger charge is 2.08. The van der Waals surface area contributed by atoms with Gasteiger partial charge in [0, 0.05) is 5.02 Å². The summed E-state index contributed by atoms with van der Waals surface area (Å²) in [7, 11) is 0. The number of hydrogen-bond donors (Lipinski definition) is 0. The van der Waals surface area contributed by atoms with E-state index in [-0.39, 0.29) is 0 Å². The Labute approximate surface area is 124 Å². The highest BCUT2D eigenvalue weighted by atomic mass is 35.5. The van der Waals surface area contributed by atoms with Crippen LogP contribution in [0.2, 0.25) is 5.02 Å². The van der Waals surface area contributed by atoms with Gasteiger partial charge in [-0.15, -0.1) is 0 Å². The molecule has 3 aromatic rings. The molecule has 0 N–H and O–H groups in total. The van der Waals surface area contributed by atoms with Crippen LogP contribution in [0.1, 0.15) is 5.56 Å². The number of rotatable bonds is 2. The van der Waals surface area contributed by atoms with Crippen molar-refractivity contribution in [1.82, 2.24) is 0 Å². The predicted octanol–water partition coefficient (Wildman–Crippen LogP) is 5.98. The van der Waals surface area contributed by atoms with Crippen LogP contribution in [0.3, 0.4) is 0 Å². The molecule has 0 spiro atoms. The molecule has 0 atom stereocenters. The van der Waals surface area contributed by atoms with Gasteiger partial charge in [-0.3, -0.25) is 0 Å². The second-order valence-corrected chi connectivity index (χ2v) is 5.36. The predicted molar refractivity (Wildman–Crippen MR) is 87.1 cm³/mol. The summed E-state index contributed by atoms with van der Waals surface area (Å²) < 4.78 is 0. The molecular weight excluding hydrogens is 264 g/mol. The van der Waals surface area contributed by atoms with Crippen molar-refractivity contribution in [2.45, 2.75) is 6.92 Å². The Balaban J connectivity index is 2.22. The summed E-state index contributed by atoms with van der Waals surface area (Å²) in [6, 6.07) is 25.0. The van der Waals surface area contributed by atoms with Crippen LogP contribution < -0.4 is 0 Å². The maximum Gasteiger partial charge on any atom is 0.0412 e. The zero-order chi connectivity index (χ0) is 13.9. The van der Waals surface area contributed by atoms with Gasteiger partial charge < -0.3 is 0 Å². The molecule has 0 bridgehead atoms. The third kappa shape index (κ3) is 2.61. The molecule has 0 aliphatic rings. The average Bonchev–Trinajstić information content (AvgIpc) is 2.48. The monoisotopic (exact) mass is 278 g/mol. The van der Waals surface area contributed by atoms with Gasteiger partial charge in [-0.25, -0.2) is 0 Å². The molecule has 0 heterocycles. The smallest absolute Gasteiger partial charge is 0.0412 e. The van der Waals surface area contributed by atoms with E-state index in [1.165, 1.54) is 27.8 Å². The van der Waals surface area contributed by atoms with Crippen molar-refractivity contribution in [3.05, 3.63) is 83.4 Å². The third-order valence-corrected chi connectivity index (χ3v) is 3.63. The molecule has 0 unspecified atom stereocenters. The van der Waals surface area contributed by atoms with Crippen LogP contribution >= 0.6 is 11.6 Å². The normalized spacial score (nSPS) is 10.5. The molecule has 0 nitrogen and oxygen atoms in total. The molecule has 0 aromatic heterocycles. The largest absolute Gasteiger partial charge is 0.0843 e. The van der Waals surface area contributed by atoms with Crippen LogP contribution in [0, 0.1) is 6.92 Å². The second-order valence-electron chi connectivity index (χ2n) is 4.93. The first-order valence-corrected chi connectivity index (χ1v) is 7.04. The quantitative estimate of drug-likeness (QED) is 0.541. The van der Waals surface area contributed by atoms with Gasteiger partial charge >= 0.3 is 0 Å². The summed E-state index contributed by atoms with van der Waals surface area (Å²) >= 11 is 6.19. The van der Waals surface area contributed by atoms with Gasteiger partial charge in [0.25, 0.3) is 0 Å². The van der Waals surface area contributed by atoms with E-state index in [9.17, 15) is 0 Å². The Kier molecular flexibility index (Phi) is 3.58. The van der Waals surface area contributed by atoms with E-state index in [2.05, 4.69) is 61.5 Å². The van der Waals surface area contributed by atoms with Crippen molar-refractivity contribution in [2.24, 2.45) is 0 Å². The number of aryl methyl sites for hydroxylation is 1. The average molecular weight is 279 g/mol.